The molecule has 4 rings (SSSR count). The summed E-state index contributed by atoms with van der Waals surface area (Å²) in [6.07, 6.45) is 1.72. The van der Waals surface area contributed by atoms with Crippen LogP contribution in [0.25, 0.3) is 22.2 Å². The first-order chi connectivity index (χ1) is 14.9. The largest absolute Gasteiger partial charge is 0.476 e. The Morgan fingerprint density at radius 2 is 1.87 bits per heavy atom. The van der Waals surface area contributed by atoms with Crippen molar-refractivity contribution in [1.82, 2.24) is 15.3 Å². The number of oxazole rings is 1. The Kier molecular flexibility index (Phi) is 5.37. The first-order valence-corrected chi connectivity index (χ1v) is 10.0. The Bertz CT molecular complexity index is 1260. The van der Waals surface area contributed by atoms with E-state index >= 15 is 0 Å². The van der Waals surface area contributed by atoms with Crippen molar-refractivity contribution < 1.29 is 19.1 Å². The van der Waals surface area contributed by atoms with E-state index in [-0.39, 0.29) is 29.2 Å². The van der Waals surface area contributed by atoms with Crippen LogP contribution in [0, 0.1) is 5.92 Å². The number of carboxylic acids is 1. The Balaban J connectivity index is 1.77. The number of hydrogen-bond donors (Lipinski definition) is 3. The van der Waals surface area contributed by atoms with Gasteiger partial charge in [-0.1, -0.05) is 55.7 Å². The number of hydrogen-bond acceptors (Lipinski definition) is 4. The molecule has 2 heterocycles. The molecule has 0 radical (unpaired) electrons. The van der Waals surface area contributed by atoms with Gasteiger partial charge in [0.1, 0.15) is 13.9 Å². The van der Waals surface area contributed by atoms with Gasteiger partial charge < -0.3 is 19.8 Å². The molecule has 1 amide bonds. The quantitative estimate of drug-likeness (QED) is 0.420. The van der Waals surface area contributed by atoms with Gasteiger partial charge in [0.2, 0.25) is 5.89 Å². The number of amides is 1. The molecule has 156 valence electrons. The molecule has 0 bridgehead atoms. The summed E-state index contributed by atoms with van der Waals surface area (Å²) in [5.41, 5.74) is 2.88. The topological polar surface area (TPSA) is 108 Å². The summed E-state index contributed by atoms with van der Waals surface area (Å²) in [6, 6.07) is 14.0. The highest BCUT2D eigenvalue weighted by Crippen LogP contribution is 2.34. The molecule has 0 aliphatic carbocycles. The Morgan fingerprint density at radius 1 is 1.13 bits per heavy atom. The highest BCUT2D eigenvalue weighted by atomic mass is 16.4. The number of aromatic nitrogens is 2. The van der Waals surface area contributed by atoms with Crippen LogP contribution in [0.5, 0.6) is 0 Å². The van der Waals surface area contributed by atoms with Gasteiger partial charge in [-0.05, 0) is 18.1 Å². The van der Waals surface area contributed by atoms with E-state index < -0.39 is 12.0 Å². The Morgan fingerprint density at radius 3 is 2.55 bits per heavy atom. The van der Waals surface area contributed by atoms with Gasteiger partial charge >= 0.3 is 5.97 Å². The zero-order valence-corrected chi connectivity index (χ0v) is 17.5. The predicted octanol–water partition coefficient (Wildman–Crippen LogP) is 2.91. The standard InChI is InChI=1S/C23H22BN3O4/c1-12(2)17(26-21(28)13-7-4-3-5-8-13)22-27-19(23(29)30)20(31-22)15-11-25-18-14(15)9-6-10-16(18)24/h3-12,17,25H,24H2,1-2H3,(H,26,28)(H,29,30)/t17-/m0/s1. The third-order valence-electron chi connectivity index (χ3n) is 5.27. The minimum atomic E-state index is -1.19. The third-order valence-corrected chi connectivity index (χ3v) is 5.27. The van der Waals surface area contributed by atoms with Gasteiger partial charge in [-0.15, -0.1) is 0 Å². The van der Waals surface area contributed by atoms with Crippen LogP contribution in [0.2, 0.25) is 0 Å². The number of rotatable bonds is 6. The fraction of sp³-hybridized carbons (Fsp3) is 0.174. The lowest BCUT2D eigenvalue weighted by molar-refractivity contribution is 0.0691. The normalized spacial score (nSPS) is 12.2. The van der Waals surface area contributed by atoms with Crippen LogP contribution in [0.15, 0.2) is 59.1 Å². The van der Waals surface area contributed by atoms with E-state index in [1.54, 1.807) is 30.5 Å². The maximum Gasteiger partial charge on any atom is 0.358 e. The molecule has 8 heteroatoms. The molecule has 0 saturated heterocycles. The highest BCUT2D eigenvalue weighted by Gasteiger charge is 2.29. The van der Waals surface area contributed by atoms with Gasteiger partial charge in [0.25, 0.3) is 5.91 Å². The van der Waals surface area contributed by atoms with Crippen LogP contribution in [-0.4, -0.2) is 34.8 Å². The molecule has 3 N–H and O–H groups in total. The molecular weight excluding hydrogens is 393 g/mol. The van der Waals surface area contributed by atoms with Crippen molar-refractivity contribution in [2.75, 3.05) is 0 Å². The number of aromatic carboxylic acids is 1. The molecule has 7 nitrogen and oxygen atoms in total. The van der Waals surface area contributed by atoms with E-state index in [1.807, 2.05) is 46.0 Å². The molecule has 31 heavy (non-hydrogen) atoms. The second-order valence-electron chi connectivity index (χ2n) is 7.80. The van der Waals surface area contributed by atoms with Crippen LogP contribution < -0.4 is 10.8 Å². The van der Waals surface area contributed by atoms with Crippen molar-refractivity contribution in [3.05, 3.63) is 71.9 Å². The average molecular weight is 415 g/mol. The molecule has 4 aromatic rings. The zero-order valence-electron chi connectivity index (χ0n) is 17.5. The van der Waals surface area contributed by atoms with Crippen molar-refractivity contribution in [1.29, 1.82) is 0 Å². The summed E-state index contributed by atoms with van der Waals surface area (Å²) in [5, 5.41) is 13.5. The molecule has 0 aliphatic rings. The molecule has 2 aromatic heterocycles. The fourth-order valence-electron chi connectivity index (χ4n) is 3.62. The Hall–Kier alpha value is -3.81. The van der Waals surface area contributed by atoms with E-state index in [0.717, 1.165) is 16.4 Å². The van der Waals surface area contributed by atoms with Gasteiger partial charge in [-0.3, -0.25) is 4.79 Å². The third kappa shape index (κ3) is 3.84. The molecule has 1 atom stereocenters. The van der Waals surface area contributed by atoms with Crippen LogP contribution in [0.3, 0.4) is 0 Å². The fourth-order valence-corrected chi connectivity index (χ4v) is 3.62. The number of aromatic amines is 1. The van der Waals surface area contributed by atoms with Gasteiger partial charge in [-0.25, -0.2) is 9.78 Å². The molecule has 0 aliphatic heterocycles. The number of nitrogens with one attached hydrogen (secondary N) is 2. The number of carboxylic acid groups (broad SMARTS) is 1. The van der Waals surface area contributed by atoms with E-state index in [9.17, 15) is 14.7 Å². The summed E-state index contributed by atoms with van der Waals surface area (Å²) < 4.78 is 6.00. The van der Waals surface area contributed by atoms with Crippen LogP contribution in [0.4, 0.5) is 0 Å². The van der Waals surface area contributed by atoms with Crippen molar-refractivity contribution in [2.45, 2.75) is 19.9 Å². The van der Waals surface area contributed by atoms with Crippen LogP contribution in [-0.2, 0) is 0 Å². The molecule has 2 aromatic carbocycles. The van der Waals surface area contributed by atoms with E-state index in [0.29, 0.717) is 11.1 Å². The predicted molar refractivity (Wildman–Crippen MR) is 120 cm³/mol. The molecule has 0 unspecified atom stereocenters. The summed E-state index contributed by atoms with van der Waals surface area (Å²) in [7, 11) is 1.97. The molecule has 0 spiro atoms. The van der Waals surface area contributed by atoms with E-state index in [2.05, 4.69) is 15.3 Å². The van der Waals surface area contributed by atoms with Gasteiger partial charge in [-0.2, -0.15) is 0 Å². The summed E-state index contributed by atoms with van der Waals surface area (Å²) >= 11 is 0. The number of para-hydroxylation sites is 1. The number of carbonyl (C=O) groups is 2. The Labute approximate surface area is 179 Å². The van der Waals surface area contributed by atoms with Crippen molar-refractivity contribution in [2.24, 2.45) is 5.92 Å². The summed E-state index contributed by atoms with van der Waals surface area (Å²) in [6.45, 7) is 3.82. The van der Waals surface area contributed by atoms with E-state index in [4.69, 9.17) is 4.42 Å². The average Bonchev–Trinajstić information content (AvgIpc) is 3.37. The maximum absolute atomic E-state index is 12.7. The summed E-state index contributed by atoms with van der Waals surface area (Å²) in [5.74, 6) is -1.22. The van der Waals surface area contributed by atoms with Crippen molar-refractivity contribution in [3.8, 4) is 11.3 Å². The highest BCUT2D eigenvalue weighted by molar-refractivity contribution is 6.38. The van der Waals surface area contributed by atoms with Gasteiger partial charge in [0.05, 0.1) is 0 Å². The molecular formula is C23H22BN3O4. The number of nitrogens with zero attached hydrogens (tertiary/aromatic N) is 1. The summed E-state index contributed by atoms with van der Waals surface area (Å²) in [4.78, 5) is 32.1. The van der Waals surface area contributed by atoms with E-state index in [1.165, 1.54) is 0 Å². The van der Waals surface area contributed by atoms with Gasteiger partial charge in [0.15, 0.2) is 11.5 Å². The smallest absolute Gasteiger partial charge is 0.358 e. The minimum absolute atomic E-state index is 0.0778. The molecule has 0 fully saturated rings. The monoisotopic (exact) mass is 415 g/mol. The lowest BCUT2D eigenvalue weighted by atomic mass is 9.93. The van der Waals surface area contributed by atoms with Crippen LogP contribution >= 0.6 is 0 Å². The van der Waals surface area contributed by atoms with Crippen LogP contribution in [0.1, 0.15) is 46.6 Å². The maximum atomic E-state index is 12.7. The van der Waals surface area contributed by atoms with Gasteiger partial charge in [0, 0.05) is 28.2 Å². The first-order valence-electron chi connectivity index (χ1n) is 10.0. The SMILES string of the molecule is Bc1cccc2c(-c3oc([C@@H](NC(=O)c4ccccc4)C(C)C)nc3C(=O)O)c[nH]c12. The first kappa shape index (κ1) is 20.5. The molecule has 0 saturated carbocycles. The number of H-pyrrole nitrogens is 1. The van der Waals surface area contributed by atoms with Crippen molar-refractivity contribution in [3.63, 3.8) is 0 Å². The minimum Gasteiger partial charge on any atom is -0.476 e. The lowest BCUT2D eigenvalue weighted by Crippen LogP contribution is -2.32. The second-order valence-corrected chi connectivity index (χ2v) is 7.80. The second kappa shape index (κ2) is 8.14. The zero-order chi connectivity index (χ0) is 22.1. The number of fused-ring (bicyclic) bond motifs is 1. The van der Waals surface area contributed by atoms with Crippen molar-refractivity contribution >= 4 is 36.1 Å². The number of carbonyl (C=O) groups excluding carboxylic acids is 1. The number of benzene rings is 2. The lowest BCUT2D eigenvalue weighted by Gasteiger charge is -2.19.